The van der Waals surface area contributed by atoms with Crippen LogP contribution in [-0.4, -0.2) is 20.6 Å². The van der Waals surface area contributed by atoms with Crippen LogP contribution in [0.4, 0.5) is 5.69 Å². The Bertz CT molecular complexity index is 945. The molecular formula is C17H15N5O2S. The molecule has 1 aromatic heterocycles. The summed E-state index contributed by atoms with van der Waals surface area (Å²) in [6.45, 7) is 0. The number of nitrogens with one attached hydrogen (secondary N) is 3. The molecule has 2 heterocycles. The topological polar surface area (TPSA) is 96.0 Å². The van der Waals surface area contributed by atoms with Crippen LogP contribution in [0.2, 0.25) is 0 Å². The third-order valence-corrected chi connectivity index (χ3v) is 4.70. The molecule has 25 heavy (non-hydrogen) atoms. The Balaban J connectivity index is 1.57. The summed E-state index contributed by atoms with van der Waals surface area (Å²) in [4.78, 5) is 23.9. The van der Waals surface area contributed by atoms with E-state index >= 15 is 0 Å². The molecule has 1 saturated heterocycles. The fourth-order valence-electron chi connectivity index (χ4n) is 2.84. The number of carbonyl (C=O) groups excluding carboxylic acids is 2. The lowest BCUT2D eigenvalue weighted by Gasteiger charge is -2.26. The number of hydrogen-bond donors (Lipinski definition) is 3. The van der Waals surface area contributed by atoms with Crippen LogP contribution in [-0.2, 0) is 4.79 Å². The Morgan fingerprint density at radius 3 is 2.84 bits per heavy atom. The van der Waals surface area contributed by atoms with E-state index < -0.39 is 0 Å². The number of para-hydroxylation sites is 1. The molecule has 7 nitrogen and oxygen atoms in total. The second-order valence-corrected chi connectivity index (χ2v) is 6.32. The van der Waals surface area contributed by atoms with E-state index in [2.05, 4.69) is 24.9 Å². The van der Waals surface area contributed by atoms with Crippen LogP contribution < -0.4 is 16.2 Å². The van der Waals surface area contributed by atoms with Crippen molar-refractivity contribution in [1.82, 2.24) is 19.6 Å². The fraction of sp³-hybridized carbons (Fsp3) is 0.176. The molecule has 1 aliphatic rings. The fourth-order valence-corrected chi connectivity index (χ4v) is 3.36. The van der Waals surface area contributed by atoms with Gasteiger partial charge in [0.15, 0.2) is 0 Å². The predicted octanol–water partition coefficient (Wildman–Crippen LogP) is 2.40. The number of amides is 2. The standard InChI is InChI=1S/C17H15N5O2S/c23-16-8-7-13(19-20-16)11-3-1-2-4-12(11)18-17(24)10-5-6-14-15(9-10)22-25-21-14/h1-6,9,13,19H,7-8H2,(H,18,24)(H,20,23). The molecule has 0 saturated carbocycles. The molecule has 0 aliphatic carbocycles. The molecule has 8 heteroatoms. The Labute approximate surface area is 147 Å². The average molecular weight is 353 g/mol. The van der Waals surface area contributed by atoms with Crippen LogP contribution in [0.5, 0.6) is 0 Å². The Hall–Kier alpha value is -2.84. The number of aromatic nitrogens is 2. The van der Waals surface area contributed by atoms with Gasteiger partial charge < -0.3 is 5.32 Å². The highest BCUT2D eigenvalue weighted by Crippen LogP contribution is 2.28. The van der Waals surface area contributed by atoms with Gasteiger partial charge >= 0.3 is 0 Å². The van der Waals surface area contributed by atoms with Crippen LogP contribution in [0.15, 0.2) is 42.5 Å². The molecule has 126 valence electrons. The van der Waals surface area contributed by atoms with E-state index in [1.54, 1.807) is 18.2 Å². The zero-order valence-electron chi connectivity index (χ0n) is 13.2. The van der Waals surface area contributed by atoms with Crippen molar-refractivity contribution in [2.24, 2.45) is 0 Å². The van der Waals surface area contributed by atoms with Gasteiger partial charge in [-0.3, -0.25) is 15.0 Å². The summed E-state index contributed by atoms with van der Waals surface area (Å²) in [5, 5.41) is 2.96. The lowest BCUT2D eigenvalue weighted by atomic mass is 9.99. The van der Waals surface area contributed by atoms with Crippen molar-refractivity contribution in [2.75, 3.05) is 5.32 Å². The molecule has 0 spiro atoms. The van der Waals surface area contributed by atoms with Gasteiger partial charge in [-0.15, -0.1) is 0 Å². The maximum absolute atomic E-state index is 12.6. The number of hydrazine groups is 1. The number of rotatable bonds is 3. The second kappa shape index (κ2) is 6.58. The monoisotopic (exact) mass is 353 g/mol. The number of fused-ring (bicyclic) bond motifs is 1. The van der Waals surface area contributed by atoms with Crippen molar-refractivity contribution in [1.29, 1.82) is 0 Å². The molecule has 3 aromatic rings. The molecule has 1 unspecified atom stereocenters. The maximum atomic E-state index is 12.6. The van der Waals surface area contributed by atoms with Crippen LogP contribution in [0.1, 0.15) is 34.8 Å². The first-order valence-electron chi connectivity index (χ1n) is 7.88. The van der Waals surface area contributed by atoms with Crippen LogP contribution in [0, 0.1) is 0 Å². The number of hydrogen-bond acceptors (Lipinski definition) is 6. The molecule has 2 amide bonds. The number of anilines is 1. The molecule has 3 N–H and O–H groups in total. The van der Waals surface area contributed by atoms with Crippen LogP contribution >= 0.6 is 11.7 Å². The molecule has 0 radical (unpaired) electrons. The van der Waals surface area contributed by atoms with E-state index in [1.807, 2.05) is 24.3 Å². The smallest absolute Gasteiger partial charge is 0.255 e. The van der Waals surface area contributed by atoms with Gasteiger partial charge in [-0.2, -0.15) is 8.75 Å². The lowest BCUT2D eigenvalue weighted by Crippen LogP contribution is -2.44. The van der Waals surface area contributed by atoms with Gasteiger partial charge in [0.2, 0.25) is 5.91 Å². The van der Waals surface area contributed by atoms with Crippen molar-refractivity contribution >= 4 is 40.3 Å². The Kier molecular flexibility index (Phi) is 4.12. The van der Waals surface area contributed by atoms with Crippen molar-refractivity contribution in [3.05, 3.63) is 53.6 Å². The molecule has 1 fully saturated rings. The van der Waals surface area contributed by atoms with Crippen molar-refractivity contribution in [3.63, 3.8) is 0 Å². The van der Waals surface area contributed by atoms with Gasteiger partial charge in [-0.25, -0.2) is 5.43 Å². The van der Waals surface area contributed by atoms with Crippen molar-refractivity contribution in [2.45, 2.75) is 18.9 Å². The maximum Gasteiger partial charge on any atom is 0.255 e. The summed E-state index contributed by atoms with van der Waals surface area (Å²) in [5.41, 5.74) is 9.31. The van der Waals surface area contributed by atoms with E-state index in [0.29, 0.717) is 23.9 Å². The van der Waals surface area contributed by atoms with E-state index in [1.165, 1.54) is 0 Å². The molecule has 2 aromatic carbocycles. The van der Waals surface area contributed by atoms with Gasteiger partial charge in [0, 0.05) is 17.7 Å². The number of benzene rings is 2. The number of nitrogens with zero attached hydrogens (tertiary/aromatic N) is 2. The van der Waals surface area contributed by atoms with E-state index in [4.69, 9.17) is 0 Å². The summed E-state index contributed by atoms with van der Waals surface area (Å²) in [6, 6.07) is 12.8. The highest BCUT2D eigenvalue weighted by atomic mass is 32.1. The lowest BCUT2D eigenvalue weighted by molar-refractivity contribution is -0.124. The SMILES string of the molecule is O=C1CCC(c2ccccc2NC(=O)c2ccc3nsnc3c2)NN1. The third kappa shape index (κ3) is 3.21. The first-order valence-corrected chi connectivity index (χ1v) is 8.61. The normalized spacial score (nSPS) is 17.3. The van der Waals surface area contributed by atoms with E-state index in [0.717, 1.165) is 28.5 Å². The molecule has 1 aliphatic heterocycles. The van der Waals surface area contributed by atoms with Gasteiger partial charge in [0.05, 0.1) is 17.8 Å². The third-order valence-electron chi connectivity index (χ3n) is 4.15. The first-order chi connectivity index (χ1) is 12.2. The average Bonchev–Trinajstić information content (AvgIpc) is 3.11. The molecule has 4 rings (SSSR count). The van der Waals surface area contributed by atoms with Crippen LogP contribution in [0.25, 0.3) is 11.0 Å². The zero-order chi connectivity index (χ0) is 17.2. The summed E-state index contributed by atoms with van der Waals surface area (Å²) < 4.78 is 8.31. The highest BCUT2D eigenvalue weighted by molar-refractivity contribution is 7.00. The summed E-state index contributed by atoms with van der Waals surface area (Å²) in [7, 11) is 0. The Morgan fingerprint density at radius 2 is 2.00 bits per heavy atom. The molecule has 1 atom stereocenters. The van der Waals surface area contributed by atoms with Gasteiger partial charge in [-0.05, 0) is 36.2 Å². The van der Waals surface area contributed by atoms with E-state index in [-0.39, 0.29) is 17.9 Å². The van der Waals surface area contributed by atoms with Crippen molar-refractivity contribution < 1.29 is 9.59 Å². The number of carbonyl (C=O) groups is 2. The summed E-state index contributed by atoms with van der Waals surface area (Å²) in [5.74, 6) is -0.231. The minimum Gasteiger partial charge on any atom is -0.322 e. The van der Waals surface area contributed by atoms with E-state index in [9.17, 15) is 9.59 Å². The zero-order valence-corrected chi connectivity index (χ0v) is 14.0. The van der Waals surface area contributed by atoms with Gasteiger partial charge in [-0.1, -0.05) is 18.2 Å². The van der Waals surface area contributed by atoms with Gasteiger partial charge in [0.25, 0.3) is 5.91 Å². The second-order valence-electron chi connectivity index (χ2n) is 5.79. The molecular weight excluding hydrogens is 338 g/mol. The largest absolute Gasteiger partial charge is 0.322 e. The Morgan fingerprint density at radius 1 is 1.16 bits per heavy atom. The van der Waals surface area contributed by atoms with Crippen LogP contribution in [0.3, 0.4) is 0 Å². The minimum atomic E-state index is -0.206. The first kappa shape index (κ1) is 15.7. The quantitative estimate of drug-likeness (QED) is 0.672. The predicted molar refractivity (Wildman–Crippen MR) is 95.1 cm³/mol. The van der Waals surface area contributed by atoms with Gasteiger partial charge in [0.1, 0.15) is 11.0 Å². The summed E-state index contributed by atoms with van der Waals surface area (Å²) in [6.07, 6.45) is 1.13. The molecule has 0 bridgehead atoms. The highest BCUT2D eigenvalue weighted by Gasteiger charge is 2.22. The summed E-state index contributed by atoms with van der Waals surface area (Å²) >= 11 is 1.12. The minimum absolute atomic E-state index is 0.0251. The van der Waals surface area contributed by atoms with Crippen molar-refractivity contribution in [3.8, 4) is 0 Å².